The summed E-state index contributed by atoms with van der Waals surface area (Å²) < 4.78 is 21.7. The number of aryl methyl sites for hydroxylation is 1. The third-order valence-corrected chi connectivity index (χ3v) is 4.15. The van der Waals surface area contributed by atoms with Crippen LogP contribution >= 0.6 is 11.6 Å². The molecular formula is C20H19ClN2O4. The molecule has 0 fully saturated rings. The van der Waals surface area contributed by atoms with Crippen LogP contribution in [0.4, 0.5) is 0 Å². The van der Waals surface area contributed by atoms with Crippen LogP contribution in [0.25, 0.3) is 22.6 Å². The van der Waals surface area contributed by atoms with Gasteiger partial charge in [0.2, 0.25) is 11.6 Å². The quantitative estimate of drug-likeness (QED) is 0.605. The minimum Gasteiger partial charge on any atom is -0.493 e. The van der Waals surface area contributed by atoms with E-state index in [2.05, 4.69) is 10.2 Å². The van der Waals surface area contributed by atoms with Gasteiger partial charge in [0, 0.05) is 5.56 Å². The molecule has 0 radical (unpaired) electrons. The van der Waals surface area contributed by atoms with Crippen LogP contribution in [0.1, 0.15) is 17.0 Å². The van der Waals surface area contributed by atoms with E-state index < -0.39 is 0 Å². The Kier molecular flexibility index (Phi) is 5.66. The molecule has 0 unspecified atom stereocenters. The molecule has 6 nitrogen and oxygen atoms in total. The Bertz CT molecular complexity index is 957. The van der Waals surface area contributed by atoms with Gasteiger partial charge in [-0.1, -0.05) is 29.3 Å². The van der Waals surface area contributed by atoms with Crippen LogP contribution in [0.3, 0.4) is 0 Å². The lowest BCUT2D eigenvalue weighted by Crippen LogP contribution is -1.95. The second kappa shape index (κ2) is 8.14. The summed E-state index contributed by atoms with van der Waals surface area (Å²) in [5.74, 6) is 2.19. The van der Waals surface area contributed by atoms with Crippen molar-refractivity contribution in [1.82, 2.24) is 10.2 Å². The average Bonchev–Trinajstić information content (AvgIpc) is 3.17. The van der Waals surface area contributed by atoms with E-state index >= 15 is 0 Å². The van der Waals surface area contributed by atoms with Crippen molar-refractivity contribution in [2.75, 3.05) is 21.3 Å². The van der Waals surface area contributed by atoms with Crippen LogP contribution in [-0.2, 0) is 0 Å². The molecule has 7 heteroatoms. The Hall–Kier alpha value is -2.99. The molecule has 0 bridgehead atoms. The number of halogens is 1. The highest BCUT2D eigenvalue weighted by Gasteiger charge is 2.15. The molecule has 1 heterocycles. The zero-order valence-electron chi connectivity index (χ0n) is 15.4. The van der Waals surface area contributed by atoms with Crippen molar-refractivity contribution in [3.8, 4) is 28.7 Å². The summed E-state index contributed by atoms with van der Waals surface area (Å²) in [6.07, 6.45) is 1.69. The molecule has 0 atom stereocenters. The van der Waals surface area contributed by atoms with Crippen molar-refractivity contribution >= 4 is 22.7 Å². The number of hydrogen-bond acceptors (Lipinski definition) is 6. The molecule has 0 spiro atoms. The SMILES string of the molecule is COc1cc(/C=C(\Cl)c2nnc(-c3cccc(C)c3)o2)cc(OC)c1OC. The van der Waals surface area contributed by atoms with E-state index in [-0.39, 0.29) is 5.89 Å². The summed E-state index contributed by atoms with van der Waals surface area (Å²) in [5, 5.41) is 8.41. The van der Waals surface area contributed by atoms with E-state index in [9.17, 15) is 0 Å². The number of ether oxygens (including phenoxy) is 3. The predicted molar refractivity (Wildman–Crippen MR) is 104 cm³/mol. The molecule has 3 aromatic rings. The molecule has 3 rings (SSSR count). The molecule has 140 valence electrons. The topological polar surface area (TPSA) is 66.6 Å². The van der Waals surface area contributed by atoms with Crippen LogP contribution < -0.4 is 14.2 Å². The fraction of sp³-hybridized carbons (Fsp3) is 0.200. The number of rotatable bonds is 6. The van der Waals surface area contributed by atoms with Gasteiger partial charge in [-0.05, 0) is 42.8 Å². The Morgan fingerprint density at radius 1 is 1.00 bits per heavy atom. The van der Waals surface area contributed by atoms with E-state index in [1.54, 1.807) is 39.5 Å². The number of hydrogen-bond donors (Lipinski definition) is 0. The first kappa shape index (κ1) is 18.8. The summed E-state index contributed by atoms with van der Waals surface area (Å²) in [6, 6.07) is 11.4. The van der Waals surface area contributed by atoms with Gasteiger partial charge in [-0.3, -0.25) is 0 Å². The van der Waals surface area contributed by atoms with E-state index in [4.69, 9.17) is 30.2 Å². The maximum atomic E-state index is 6.39. The molecule has 0 saturated carbocycles. The van der Waals surface area contributed by atoms with Crippen LogP contribution in [0.15, 0.2) is 40.8 Å². The Morgan fingerprint density at radius 3 is 2.30 bits per heavy atom. The average molecular weight is 387 g/mol. The fourth-order valence-electron chi connectivity index (χ4n) is 2.61. The van der Waals surface area contributed by atoms with Crippen LogP contribution in [0.2, 0.25) is 0 Å². The monoisotopic (exact) mass is 386 g/mol. The van der Waals surface area contributed by atoms with E-state index in [1.807, 2.05) is 31.2 Å². The minimum atomic E-state index is 0.224. The summed E-state index contributed by atoms with van der Waals surface area (Å²) in [5.41, 5.74) is 2.68. The van der Waals surface area contributed by atoms with Crippen LogP contribution in [0, 0.1) is 6.92 Å². The molecule has 0 saturated heterocycles. The largest absolute Gasteiger partial charge is 0.493 e. The molecule has 0 N–H and O–H groups in total. The number of benzene rings is 2. The molecule has 2 aromatic carbocycles. The van der Waals surface area contributed by atoms with Crippen LogP contribution in [-0.4, -0.2) is 31.5 Å². The van der Waals surface area contributed by atoms with Gasteiger partial charge in [0.05, 0.1) is 21.3 Å². The lowest BCUT2D eigenvalue weighted by Gasteiger charge is -2.12. The first-order valence-electron chi connectivity index (χ1n) is 8.13. The van der Waals surface area contributed by atoms with Crippen molar-refractivity contribution < 1.29 is 18.6 Å². The Balaban J connectivity index is 1.94. The van der Waals surface area contributed by atoms with E-state index in [0.717, 1.165) is 16.7 Å². The van der Waals surface area contributed by atoms with Gasteiger partial charge >= 0.3 is 0 Å². The first-order valence-corrected chi connectivity index (χ1v) is 8.51. The highest BCUT2D eigenvalue weighted by atomic mass is 35.5. The molecule has 27 heavy (non-hydrogen) atoms. The summed E-state index contributed by atoms with van der Waals surface area (Å²) in [4.78, 5) is 0. The number of methoxy groups -OCH3 is 3. The van der Waals surface area contributed by atoms with Gasteiger partial charge in [-0.25, -0.2) is 0 Å². The highest BCUT2D eigenvalue weighted by molar-refractivity contribution is 6.50. The summed E-state index contributed by atoms with van der Waals surface area (Å²) in [6.45, 7) is 2.00. The maximum Gasteiger partial charge on any atom is 0.259 e. The molecule has 0 aliphatic rings. The van der Waals surface area contributed by atoms with Gasteiger partial charge in [-0.15, -0.1) is 10.2 Å². The lowest BCUT2D eigenvalue weighted by molar-refractivity contribution is 0.324. The number of nitrogens with zero attached hydrogens (tertiary/aromatic N) is 2. The summed E-state index contributed by atoms with van der Waals surface area (Å²) >= 11 is 6.39. The number of aromatic nitrogens is 2. The second-order valence-electron chi connectivity index (χ2n) is 5.73. The molecule has 0 aliphatic heterocycles. The van der Waals surface area contributed by atoms with E-state index in [0.29, 0.717) is 28.2 Å². The first-order chi connectivity index (χ1) is 13.0. The van der Waals surface area contributed by atoms with E-state index in [1.165, 1.54) is 0 Å². The van der Waals surface area contributed by atoms with Gasteiger partial charge in [-0.2, -0.15) is 0 Å². The normalized spacial score (nSPS) is 11.4. The molecular weight excluding hydrogens is 368 g/mol. The Labute approximate surface area is 162 Å². The third kappa shape index (κ3) is 4.06. The van der Waals surface area contributed by atoms with Gasteiger partial charge in [0.25, 0.3) is 5.89 Å². The zero-order valence-corrected chi connectivity index (χ0v) is 16.2. The highest BCUT2D eigenvalue weighted by Crippen LogP contribution is 2.39. The van der Waals surface area contributed by atoms with Crippen molar-refractivity contribution in [2.24, 2.45) is 0 Å². The van der Waals surface area contributed by atoms with Crippen LogP contribution in [0.5, 0.6) is 17.2 Å². The standard InChI is InChI=1S/C20H19ClN2O4/c1-12-6-5-7-14(8-12)19-22-23-20(27-19)15(21)9-13-10-16(24-2)18(26-4)17(11-13)25-3/h5-11H,1-4H3/b15-9-. The van der Waals surface area contributed by atoms with Crippen molar-refractivity contribution in [2.45, 2.75) is 6.92 Å². The maximum absolute atomic E-state index is 6.39. The molecule has 1 aromatic heterocycles. The second-order valence-corrected chi connectivity index (χ2v) is 6.14. The smallest absolute Gasteiger partial charge is 0.259 e. The third-order valence-electron chi connectivity index (χ3n) is 3.87. The molecule has 0 aliphatic carbocycles. The van der Waals surface area contributed by atoms with Crippen molar-refractivity contribution in [3.05, 3.63) is 53.4 Å². The van der Waals surface area contributed by atoms with Gasteiger partial charge in [0.15, 0.2) is 11.5 Å². The predicted octanol–water partition coefficient (Wildman–Crippen LogP) is 4.81. The lowest BCUT2D eigenvalue weighted by atomic mass is 10.1. The summed E-state index contributed by atoms with van der Waals surface area (Å²) in [7, 11) is 4.66. The van der Waals surface area contributed by atoms with Crippen molar-refractivity contribution in [3.63, 3.8) is 0 Å². The molecule has 0 amide bonds. The van der Waals surface area contributed by atoms with Gasteiger partial charge in [0.1, 0.15) is 5.03 Å². The fourth-order valence-corrected chi connectivity index (χ4v) is 2.81. The minimum absolute atomic E-state index is 0.224. The Morgan fingerprint density at radius 2 is 1.70 bits per heavy atom. The van der Waals surface area contributed by atoms with Crippen molar-refractivity contribution in [1.29, 1.82) is 0 Å². The zero-order chi connectivity index (χ0) is 19.4. The van der Waals surface area contributed by atoms with Gasteiger partial charge < -0.3 is 18.6 Å².